The molecule has 2 aromatic rings. The molecule has 1 fully saturated rings. The van der Waals surface area contributed by atoms with Crippen LogP contribution >= 0.6 is 11.8 Å². The molecule has 158 valence electrons. The van der Waals surface area contributed by atoms with Gasteiger partial charge in [0.2, 0.25) is 0 Å². The number of aliphatic imine (C=N–C) groups is 1. The van der Waals surface area contributed by atoms with Gasteiger partial charge in [-0.05, 0) is 53.7 Å². The van der Waals surface area contributed by atoms with Crippen molar-refractivity contribution in [3.8, 4) is 5.75 Å². The minimum Gasteiger partial charge on any atom is -0.482 e. The van der Waals surface area contributed by atoms with Gasteiger partial charge in [0.1, 0.15) is 5.75 Å². The van der Waals surface area contributed by atoms with Crippen LogP contribution in [0.5, 0.6) is 5.75 Å². The summed E-state index contributed by atoms with van der Waals surface area (Å²) in [5.74, 6) is -3.86. The number of nitrogens with zero attached hydrogens (tertiary/aromatic N) is 1. The number of aromatic carboxylic acids is 2. The lowest BCUT2D eigenvalue weighted by Gasteiger charge is -2.04. The number of hydrogen-bond acceptors (Lipinski definition) is 7. The van der Waals surface area contributed by atoms with E-state index in [9.17, 15) is 19.2 Å². The van der Waals surface area contributed by atoms with Gasteiger partial charge in [0.05, 0.1) is 21.7 Å². The number of thioether (sulfide) groups is 1. The molecule has 0 aliphatic carbocycles. The minimum atomic E-state index is -1.31. The lowest BCUT2D eigenvalue weighted by Crippen LogP contribution is -2.19. The predicted octanol–water partition coefficient (Wildman–Crippen LogP) is 2.44. The molecule has 0 spiro atoms. The summed E-state index contributed by atoms with van der Waals surface area (Å²) in [6.07, 6.45) is 1.55. The first-order valence-corrected chi connectivity index (χ1v) is 9.39. The van der Waals surface area contributed by atoms with E-state index < -0.39 is 30.4 Å². The number of amides is 1. The van der Waals surface area contributed by atoms with Gasteiger partial charge in [-0.15, -0.1) is 0 Å². The van der Waals surface area contributed by atoms with Crippen LogP contribution in [0.4, 0.5) is 5.69 Å². The monoisotopic (exact) mass is 442 g/mol. The summed E-state index contributed by atoms with van der Waals surface area (Å²) in [6.45, 7) is -0.500. The maximum absolute atomic E-state index is 12.3. The number of ether oxygens (including phenoxy) is 1. The predicted molar refractivity (Wildman–Crippen MR) is 111 cm³/mol. The van der Waals surface area contributed by atoms with E-state index in [2.05, 4.69) is 10.3 Å². The van der Waals surface area contributed by atoms with Crippen LogP contribution in [0.15, 0.2) is 52.4 Å². The maximum atomic E-state index is 12.3. The summed E-state index contributed by atoms with van der Waals surface area (Å²) in [5.41, 5.74) is 0.151. The Morgan fingerprint density at radius 1 is 1.03 bits per heavy atom. The van der Waals surface area contributed by atoms with Crippen LogP contribution in [-0.4, -0.2) is 50.9 Å². The third-order valence-corrected chi connectivity index (χ3v) is 4.72. The Labute approximate surface area is 178 Å². The van der Waals surface area contributed by atoms with E-state index in [-0.39, 0.29) is 26.9 Å². The summed E-state index contributed by atoms with van der Waals surface area (Å²) in [4.78, 5) is 49.7. The van der Waals surface area contributed by atoms with Crippen molar-refractivity contribution in [2.24, 2.45) is 4.99 Å². The van der Waals surface area contributed by atoms with Crippen molar-refractivity contribution in [2.75, 3.05) is 6.61 Å². The van der Waals surface area contributed by atoms with Gasteiger partial charge < -0.3 is 25.4 Å². The molecule has 2 aromatic carbocycles. The van der Waals surface area contributed by atoms with Gasteiger partial charge in [0.25, 0.3) is 5.91 Å². The molecular formula is C20H14N2O8S. The second-order valence-electron chi connectivity index (χ2n) is 6.12. The Balaban J connectivity index is 1.84. The number of hydrogen-bond donors (Lipinski definition) is 4. The lowest BCUT2D eigenvalue weighted by molar-refractivity contribution is -0.139. The van der Waals surface area contributed by atoms with E-state index in [1.807, 2.05) is 0 Å². The van der Waals surface area contributed by atoms with E-state index in [0.717, 1.165) is 17.8 Å². The number of carbonyl (C=O) groups is 4. The average molecular weight is 442 g/mol. The number of carbonyl (C=O) groups excluding carboxylic acids is 1. The molecule has 0 aromatic heterocycles. The average Bonchev–Trinajstić information content (AvgIpc) is 3.05. The molecule has 1 aliphatic rings. The van der Waals surface area contributed by atoms with Crippen molar-refractivity contribution in [3.05, 3.63) is 64.1 Å². The molecule has 0 saturated carbocycles. The van der Waals surface area contributed by atoms with E-state index in [0.29, 0.717) is 11.3 Å². The summed E-state index contributed by atoms with van der Waals surface area (Å²) < 4.78 is 5.10. The van der Waals surface area contributed by atoms with E-state index in [4.69, 9.17) is 20.1 Å². The van der Waals surface area contributed by atoms with Crippen LogP contribution < -0.4 is 10.1 Å². The molecule has 10 nitrogen and oxygen atoms in total. The minimum absolute atomic E-state index is 0.0606. The van der Waals surface area contributed by atoms with Gasteiger partial charge in [-0.25, -0.2) is 19.4 Å². The van der Waals surface area contributed by atoms with Gasteiger partial charge in [-0.1, -0.05) is 12.1 Å². The Morgan fingerprint density at radius 2 is 1.71 bits per heavy atom. The van der Waals surface area contributed by atoms with E-state index in [1.54, 1.807) is 30.3 Å². The molecule has 4 N–H and O–H groups in total. The number of nitrogens with one attached hydrogen (secondary N) is 1. The zero-order valence-electron chi connectivity index (χ0n) is 15.6. The third kappa shape index (κ3) is 5.70. The first kappa shape index (κ1) is 21.6. The molecule has 0 atom stereocenters. The number of carboxylic acids is 3. The normalized spacial score (nSPS) is 15.7. The first-order chi connectivity index (χ1) is 14.7. The quantitative estimate of drug-likeness (QED) is 0.472. The highest BCUT2D eigenvalue weighted by Gasteiger charge is 2.24. The van der Waals surface area contributed by atoms with Gasteiger partial charge in [0.15, 0.2) is 11.8 Å². The van der Waals surface area contributed by atoms with Crippen LogP contribution in [0.25, 0.3) is 6.08 Å². The first-order valence-electron chi connectivity index (χ1n) is 8.57. The van der Waals surface area contributed by atoms with Crippen LogP contribution in [0.2, 0.25) is 0 Å². The van der Waals surface area contributed by atoms with Gasteiger partial charge in [-0.2, -0.15) is 0 Å². The Morgan fingerprint density at radius 3 is 2.32 bits per heavy atom. The summed E-state index contributed by atoms with van der Waals surface area (Å²) in [6, 6.07) is 9.88. The standard InChI is InChI=1S/C20H14N2O8S/c23-16(24)9-30-14-3-1-2-10(4-14)5-15-17(25)22-20(31-15)21-13-7-11(18(26)27)6-12(8-13)19(28)29/h1-8H,9H2,(H,23,24)(H,26,27)(H,28,29)(H,21,22,25)/b15-5-. The van der Waals surface area contributed by atoms with Crippen molar-refractivity contribution in [3.63, 3.8) is 0 Å². The summed E-state index contributed by atoms with van der Waals surface area (Å²) >= 11 is 0.982. The molecule has 0 bridgehead atoms. The number of benzene rings is 2. The molecule has 0 radical (unpaired) electrons. The molecule has 3 rings (SSSR count). The largest absolute Gasteiger partial charge is 0.482 e. The van der Waals surface area contributed by atoms with E-state index in [1.165, 1.54) is 12.1 Å². The highest BCUT2D eigenvalue weighted by atomic mass is 32.2. The highest BCUT2D eigenvalue weighted by molar-refractivity contribution is 8.18. The zero-order chi connectivity index (χ0) is 22.5. The number of amidine groups is 1. The van der Waals surface area contributed by atoms with Crippen molar-refractivity contribution in [1.82, 2.24) is 5.32 Å². The van der Waals surface area contributed by atoms with Crippen molar-refractivity contribution in [1.29, 1.82) is 0 Å². The van der Waals surface area contributed by atoms with Gasteiger partial charge in [-0.3, -0.25) is 4.79 Å². The Bertz CT molecular complexity index is 1120. The fourth-order valence-electron chi connectivity index (χ4n) is 2.51. The second kappa shape index (κ2) is 9.13. The molecule has 1 amide bonds. The molecule has 0 unspecified atom stereocenters. The molecule has 1 heterocycles. The highest BCUT2D eigenvalue weighted by Crippen LogP contribution is 2.29. The van der Waals surface area contributed by atoms with Crippen LogP contribution in [0.3, 0.4) is 0 Å². The Hall–Kier alpha value is -4.12. The number of aliphatic carboxylic acids is 1. The molecule has 1 aliphatic heterocycles. The number of rotatable bonds is 7. The van der Waals surface area contributed by atoms with E-state index >= 15 is 0 Å². The number of carboxylic acid groups (broad SMARTS) is 3. The zero-order valence-corrected chi connectivity index (χ0v) is 16.4. The van der Waals surface area contributed by atoms with Gasteiger partial charge in [0, 0.05) is 0 Å². The van der Waals surface area contributed by atoms with Crippen LogP contribution in [0, 0.1) is 0 Å². The van der Waals surface area contributed by atoms with Crippen molar-refractivity contribution in [2.45, 2.75) is 0 Å². The third-order valence-electron chi connectivity index (χ3n) is 3.81. The van der Waals surface area contributed by atoms with Crippen molar-refractivity contribution < 1.29 is 39.2 Å². The molecular weight excluding hydrogens is 428 g/mol. The fraction of sp³-hybridized carbons (Fsp3) is 0.0500. The lowest BCUT2D eigenvalue weighted by atomic mass is 10.1. The van der Waals surface area contributed by atoms with Gasteiger partial charge >= 0.3 is 17.9 Å². The SMILES string of the molecule is O=C(O)COc1cccc(/C=C2\SC(=Nc3cc(C(=O)O)cc(C(=O)O)c3)NC2=O)c1. The van der Waals surface area contributed by atoms with Crippen LogP contribution in [0.1, 0.15) is 26.3 Å². The van der Waals surface area contributed by atoms with Crippen molar-refractivity contribution >= 4 is 52.5 Å². The fourth-order valence-corrected chi connectivity index (χ4v) is 3.35. The molecule has 11 heteroatoms. The van der Waals surface area contributed by atoms with Crippen LogP contribution in [-0.2, 0) is 9.59 Å². The smallest absolute Gasteiger partial charge is 0.341 e. The molecule has 1 saturated heterocycles. The summed E-state index contributed by atoms with van der Waals surface area (Å²) in [7, 11) is 0. The topological polar surface area (TPSA) is 163 Å². The summed E-state index contributed by atoms with van der Waals surface area (Å²) in [5, 5.41) is 29.7. The molecule has 31 heavy (non-hydrogen) atoms. The second-order valence-corrected chi connectivity index (χ2v) is 7.15. The Kier molecular flexibility index (Phi) is 6.36. The maximum Gasteiger partial charge on any atom is 0.341 e.